The zero-order valence-electron chi connectivity index (χ0n) is 13.4. The summed E-state index contributed by atoms with van der Waals surface area (Å²) in [6.07, 6.45) is 3.22. The van der Waals surface area contributed by atoms with Crippen molar-refractivity contribution in [3.63, 3.8) is 0 Å². The van der Waals surface area contributed by atoms with Gasteiger partial charge in [-0.05, 0) is 42.8 Å². The monoisotopic (exact) mass is 310 g/mol. The quantitative estimate of drug-likeness (QED) is 0.590. The number of methoxy groups -OCH3 is 2. The lowest BCUT2D eigenvalue weighted by molar-refractivity contribution is 0.354. The van der Waals surface area contributed by atoms with Crippen LogP contribution in [0.15, 0.2) is 18.2 Å². The molecule has 0 aliphatic heterocycles. The van der Waals surface area contributed by atoms with Crippen molar-refractivity contribution >= 4 is 17.3 Å². The van der Waals surface area contributed by atoms with Gasteiger partial charge in [0.25, 0.3) is 0 Å². The Balaban J connectivity index is 2.49. The number of nitrogens with zero attached hydrogens (tertiary/aromatic N) is 1. The molecule has 0 aromatic heterocycles. The fourth-order valence-electron chi connectivity index (χ4n) is 1.94. The van der Waals surface area contributed by atoms with E-state index in [9.17, 15) is 0 Å². The largest absolute Gasteiger partial charge is 0.493 e. The molecule has 0 saturated carbocycles. The van der Waals surface area contributed by atoms with E-state index < -0.39 is 0 Å². The molecule has 0 saturated heterocycles. The van der Waals surface area contributed by atoms with Gasteiger partial charge in [0.05, 0.1) is 14.2 Å². The lowest BCUT2D eigenvalue weighted by Crippen LogP contribution is -2.38. The molecule has 21 heavy (non-hydrogen) atoms. The maximum atomic E-state index is 5.36. The van der Waals surface area contributed by atoms with Crippen molar-refractivity contribution in [3.8, 4) is 11.5 Å². The second kappa shape index (κ2) is 9.45. The molecule has 5 heteroatoms. The summed E-state index contributed by atoms with van der Waals surface area (Å²) in [7, 11) is 5.31. The van der Waals surface area contributed by atoms with Gasteiger partial charge >= 0.3 is 0 Å². The molecule has 1 N–H and O–H groups in total. The third kappa shape index (κ3) is 5.79. The summed E-state index contributed by atoms with van der Waals surface area (Å²) >= 11 is 5.36. The second-order valence-corrected chi connectivity index (χ2v) is 5.33. The number of hydrogen-bond acceptors (Lipinski definition) is 3. The Hall–Kier alpha value is -1.49. The van der Waals surface area contributed by atoms with Crippen molar-refractivity contribution in [2.24, 2.45) is 0 Å². The fourth-order valence-corrected chi connectivity index (χ4v) is 2.13. The van der Waals surface area contributed by atoms with Crippen LogP contribution in [0.25, 0.3) is 0 Å². The Labute approximate surface area is 133 Å². The molecule has 0 amide bonds. The molecule has 0 atom stereocenters. The number of nitrogens with one attached hydrogen (secondary N) is 1. The maximum Gasteiger partial charge on any atom is 0.168 e. The molecule has 0 heterocycles. The van der Waals surface area contributed by atoms with Crippen LogP contribution in [0.2, 0.25) is 0 Å². The van der Waals surface area contributed by atoms with Crippen LogP contribution in [0.4, 0.5) is 0 Å². The fraction of sp³-hybridized carbons (Fsp3) is 0.562. The average Bonchev–Trinajstić information content (AvgIpc) is 2.52. The molecule has 118 valence electrons. The first-order chi connectivity index (χ1) is 10.1. The van der Waals surface area contributed by atoms with E-state index in [1.165, 1.54) is 12.0 Å². The molecule has 1 aromatic rings. The van der Waals surface area contributed by atoms with Crippen molar-refractivity contribution in [2.75, 3.05) is 34.4 Å². The average molecular weight is 310 g/mol. The van der Waals surface area contributed by atoms with Crippen molar-refractivity contribution < 1.29 is 9.47 Å². The van der Waals surface area contributed by atoms with Gasteiger partial charge in [-0.3, -0.25) is 0 Å². The first-order valence-electron chi connectivity index (χ1n) is 7.32. The van der Waals surface area contributed by atoms with E-state index in [1.54, 1.807) is 14.2 Å². The molecular weight excluding hydrogens is 284 g/mol. The number of hydrogen-bond donors (Lipinski definition) is 1. The summed E-state index contributed by atoms with van der Waals surface area (Å²) in [5.41, 5.74) is 1.20. The van der Waals surface area contributed by atoms with Crippen molar-refractivity contribution in [1.82, 2.24) is 10.2 Å². The van der Waals surface area contributed by atoms with E-state index in [-0.39, 0.29) is 0 Å². The predicted molar refractivity (Wildman–Crippen MR) is 91.4 cm³/mol. The Morgan fingerprint density at radius 1 is 1.24 bits per heavy atom. The van der Waals surface area contributed by atoms with Crippen LogP contribution in [-0.2, 0) is 6.42 Å². The third-order valence-corrected chi connectivity index (χ3v) is 3.79. The van der Waals surface area contributed by atoms with Crippen molar-refractivity contribution in [3.05, 3.63) is 23.8 Å². The Morgan fingerprint density at radius 3 is 2.57 bits per heavy atom. The zero-order valence-corrected chi connectivity index (χ0v) is 14.3. The van der Waals surface area contributed by atoms with Crippen LogP contribution in [0.5, 0.6) is 11.5 Å². The smallest absolute Gasteiger partial charge is 0.168 e. The molecule has 0 radical (unpaired) electrons. The van der Waals surface area contributed by atoms with Crippen LogP contribution in [-0.4, -0.2) is 44.4 Å². The van der Waals surface area contributed by atoms with Gasteiger partial charge in [0.2, 0.25) is 0 Å². The highest BCUT2D eigenvalue weighted by molar-refractivity contribution is 7.80. The molecule has 0 unspecified atom stereocenters. The van der Waals surface area contributed by atoms with Crippen molar-refractivity contribution in [2.45, 2.75) is 26.2 Å². The van der Waals surface area contributed by atoms with Gasteiger partial charge in [0.1, 0.15) is 0 Å². The molecule has 4 nitrogen and oxygen atoms in total. The van der Waals surface area contributed by atoms with E-state index in [4.69, 9.17) is 21.7 Å². The summed E-state index contributed by atoms with van der Waals surface area (Å²) in [6.45, 7) is 3.98. The van der Waals surface area contributed by atoms with E-state index in [0.717, 1.165) is 42.5 Å². The highest BCUT2D eigenvalue weighted by atomic mass is 32.1. The van der Waals surface area contributed by atoms with E-state index in [1.807, 2.05) is 19.2 Å². The lowest BCUT2D eigenvalue weighted by atomic mass is 10.1. The van der Waals surface area contributed by atoms with Crippen LogP contribution in [0.3, 0.4) is 0 Å². The number of unbranched alkanes of at least 4 members (excludes halogenated alkanes) is 1. The SMILES string of the molecule is CCCCNC(=S)N(C)CCc1ccc(OC)c(OC)c1. The number of thiocarbonyl (C=S) groups is 1. The third-order valence-electron chi connectivity index (χ3n) is 3.34. The molecule has 0 aliphatic carbocycles. The first-order valence-corrected chi connectivity index (χ1v) is 7.73. The van der Waals surface area contributed by atoms with Gasteiger partial charge in [-0.25, -0.2) is 0 Å². The van der Waals surface area contributed by atoms with E-state index in [0.29, 0.717) is 0 Å². The normalized spacial score (nSPS) is 10.1. The molecule has 0 bridgehead atoms. The number of ether oxygens (including phenoxy) is 2. The molecular formula is C16H26N2O2S. The molecule has 0 aliphatic rings. The van der Waals surface area contributed by atoms with Gasteiger partial charge in [-0.15, -0.1) is 0 Å². The first kappa shape index (κ1) is 17.6. The van der Waals surface area contributed by atoms with Crippen LogP contribution < -0.4 is 14.8 Å². The molecule has 0 spiro atoms. The van der Waals surface area contributed by atoms with Crippen LogP contribution >= 0.6 is 12.2 Å². The van der Waals surface area contributed by atoms with Crippen LogP contribution in [0, 0.1) is 0 Å². The summed E-state index contributed by atoms with van der Waals surface area (Å²) in [6, 6.07) is 6.01. The zero-order chi connectivity index (χ0) is 15.7. The topological polar surface area (TPSA) is 33.7 Å². The summed E-state index contributed by atoms with van der Waals surface area (Å²) in [4.78, 5) is 2.07. The summed E-state index contributed by atoms with van der Waals surface area (Å²) in [5.74, 6) is 1.52. The van der Waals surface area contributed by atoms with Crippen molar-refractivity contribution in [1.29, 1.82) is 0 Å². The minimum atomic E-state index is 0.756. The summed E-state index contributed by atoms with van der Waals surface area (Å²) < 4.78 is 10.6. The highest BCUT2D eigenvalue weighted by Crippen LogP contribution is 2.27. The van der Waals surface area contributed by atoms with E-state index >= 15 is 0 Å². The predicted octanol–water partition coefficient (Wildman–Crippen LogP) is 2.85. The van der Waals surface area contributed by atoms with Gasteiger partial charge in [-0.1, -0.05) is 19.4 Å². The molecule has 1 rings (SSSR count). The summed E-state index contributed by atoms with van der Waals surface area (Å²) in [5, 5.41) is 4.08. The van der Waals surface area contributed by atoms with Gasteiger partial charge < -0.3 is 19.7 Å². The Kier molecular flexibility index (Phi) is 7.90. The van der Waals surface area contributed by atoms with E-state index in [2.05, 4.69) is 23.2 Å². The second-order valence-electron chi connectivity index (χ2n) is 4.95. The Bertz CT molecular complexity index is 452. The highest BCUT2D eigenvalue weighted by Gasteiger charge is 2.07. The Morgan fingerprint density at radius 2 is 1.95 bits per heavy atom. The minimum absolute atomic E-state index is 0.756. The standard InChI is InChI=1S/C16H26N2O2S/c1-5-6-10-17-16(21)18(2)11-9-13-7-8-14(19-3)15(12-13)20-4/h7-8,12H,5-6,9-11H2,1-4H3,(H,17,21). The van der Waals surface area contributed by atoms with Gasteiger partial charge in [0, 0.05) is 20.1 Å². The maximum absolute atomic E-state index is 5.36. The minimum Gasteiger partial charge on any atom is -0.493 e. The molecule has 1 aromatic carbocycles. The molecule has 0 fully saturated rings. The van der Waals surface area contributed by atoms with Gasteiger partial charge in [0.15, 0.2) is 16.6 Å². The number of rotatable bonds is 8. The van der Waals surface area contributed by atoms with Crippen LogP contribution in [0.1, 0.15) is 25.3 Å². The van der Waals surface area contributed by atoms with Gasteiger partial charge in [-0.2, -0.15) is 0 Å². The number of likely N-dealkylation sites (N-methyl/N-ethyl adjacent to an activating group) is 1. The lowest BCUT2D eigenvalue weighted by Gasteiger charge is -2.21. The number of benzene rings is 1.